The Kier molecular flexibility index (Phi) is 14.0. The van der Waals surface area contributed by atoms with Crippen molar-refractivity contribution in [2.75, 3.05) is 28.6 Å². The average Bonchev–Trinajstić information content (AvgIpc) is 3.24. The van der Waals surface area contributed by atoms with Crippen LogP contribution in [0.25, 0.3) is 0 Å². The van der Waals surface area contributed by atoms with Gasteiger partial charge in [-0.25, -0.2) is 13.7 Å². The summed E-state index contributed by atoms with van der Waals surface area (Å²) in [5.41, 5.74) is -12.7. The summed E-state index contributed by atoms with van der Waals surface area (Å²) in [7, 11) is 0. The quantitative estimate of drug-likeness (QED) is 0.0337. The van der Waals surface area contributed by atoms with Crippen LogP contribution in [0.1, 0.15) is 52.6 Å². The number of imide groups is 1. The van der Waals surface area contributed by atoms with E-state index in [1.165, 1.54) is 0 Å². The Hall–Kier alpha value is -7.38. The first kappa shape index (κ1) is 49.6. The molecule has 0 bridgehead atoms. The van der Waals surface area contributed by atoms with E-state index in [0.717, 1.165) is 72.8 Å². The fraction of sp³-hybridized carbons (Fsp3) is 0.150. The van der Waals surface area contributed by atoms with E-state index in [4.69, 9.17) is 0 Å². The summed E-state index contributed by atoms with van der Waals surface area (Å²) in [6.45, 7) is -1.65. The predicted octanol–water partition coefficient (Wildman–Crippen LogP) is 10.9. The zero-order valence-electron chi connectivity index (χ0n) is 32.2. The minimum atomic E-state index is -7.05. The molecule has 2 N–H and O–H groups in total. The van der Waals surface area contributed by atoms with Crippen LogP contribution in [0.15, 0.2) is 102 Å². The molecule has 13 nitrogen and oxygen atoms in total. The molecule has 0 aromatic heterocycles. The molecule has 0 aliphatic heterocycles. The van der Waals surface area contributed by atoms with E-state index in [2.05, 4.69) is 26.6 Å². The van der Waals surface area contributed by atoms with Crippen LogP contribution in [0.2, 0.25) is 0 Å². The third-order valence-electron chi connectivity index (χ3n) is 9.25. The molecule has 0 heterocycles. The number of nitro groups is 2. The fourth-order valence-electron chi connectivity index (χ4n) is 5.88. The number of nitro benzene ring substituents is 2. The molecular formula is C40H22BrF12N5O8. The maximum atomic E-state index is 16.2. The number of Topliss-reactive ketones (excluding diaryl/α,β-unsaturated/α-hetero) is 2. The van der Waals surface area contributed by atoms with Crippen LogP contribution in [0.4, 0.5) is 81.1 Å². The lowest BCUT2D eigenvalue weighted by Crippen LogP contribution is -2.50. The van der Waals surface area contributed by atoms with Gasteiger partial charge in [0.05, 0.1) is 56.7 Å². The molecule has 5 aromatic carbocycles. The molecule has 0 radical (unpaired) electrons. The lowest BCUT2D eigenvalue weighted by Gasteiger charge is -2.31. The van der Waals surface area contributed by atoms with Gasteiger partial charge in [-0.3, -0.25) is 39.4 Å². The van der Waals surface area contributed by atoms with Crippen LogP contribution in [0, 0.1) is 31.9 Å². The summed E-state index contributed by atoms with van der Waals surface area (Å²) in [5, 5.41) is 26.4. The van der Waals surface area contributed by atoms with Crippen molar-refractivity contribution in [3.05, 3.63) is 167 Å². The Bertz CT molecular complexity index is 2640. The number of nitrogens with zero attached hydrogens (tertiary/aromatic N) is 3. The van der Waals surface area contributed by atoms with Gasteiger partial charge in [-0.15, -0.1) is 0 Å². The minimum Gasteiger partial charge on any atom is -0.375 e. The van der Waals surface area contributed by atoms with Crippen molar-refractivity contribution in [2.24, 2.45) is 0 Å². The summed E-state index contributed by atoms with van der Waals surface area (Å²) < 4.78 is 173. The number of carbonyl (C=O) groups is 4. The largest absolute Gasteiger partial charge is 0.460 e. The first-order valence-electron chi connectivity index (χ1n) is 17.8. The van der Waals surface area contributed by atoms with E-state index in [1.54, 1.807) is 0 Å². The Labute approximate surface area is 368 Å². The number of carbonyl (C=O) groups excluding carboxylic acids is 4. The van der Waals surface area contributed by atoms with Crippen molar-refractivity contribution in [1.29, 1.82) is 0 Å². The summed E-state index contributed by atoms with van der Waals surface area (Å²) >= 11 is 2.33. The number of amides is 2. The number of anilines is 3. The van der Waals surface area contributed by atoms with Gasteiger partial charge in [0.25, 0.3) is 23.2 Å². The second-order valence-corrected chi connectivity index (χ2v) is 14.3. The molecule has 0 unspecified atom stereocenters. The third-order valence-corrected chi connectivity index (χ3v) is 9.85. The van der Waals surface area contributed by atoms with Crippen molar-refractivity contribution in [3.63, 3.8) is 0 Å². The van der Waals surface area contributed by atoms with E-state index in [9.17, 15) is 83.3 Å². The molecule has 5 aromatic rings. The van der Waals surface area contributed by atoms with Gasteiger partial charge in [0, 0.05) is 45.4 Å². The normalized spacial score (nSPS) is 12.0. The molecule has 0 atom stereocenters. The fourth-order valence-corrected chi connectivity index (χ4v) is 6.52. The minimum absolute atomic E-state index is 0.154. The topological polar surface area (TPSA) is 182 Å². The average molecular weight is 1010 g/mol. The Morgan fingerprint density at radius 3 is 1.35 bits per heavy atom. The zero-order chi connectivity index (χ0) is 49.3. The highest BCUT2D eigenvalue weighted by Crippen LogP contribution is 2.54. The van der Waals surface area contributed by atoms with Crippen LogP contribution < -0.4 is 15.5 Å². The maximum absolute atomic E-state index is 16.2. The molecule has 0 spiro atoms. The highest BCUT2D eigenvalue weighted by molar-refractivity contribution is 9.10. The molecule has 0 aliphatic rings. The second-order valence-electron chi connectivity index (χ2n) is 13.4. The van der Waals surface area contributed by atoms with Gasteiger partial charge in [-0.05, 0) is 76.6 Å². The van der Waals surface area contributed by atoms with E-state index in [0.29, 0.717) is 12.1 Å². The molecule has 0 fully saturated rings. The SMILES string of the molecule is O=C(CNc1cccc(C(=O)N(C(=O)c2cccc(NCC(=O)c3ccc([N+](=O)[O-])cc3)c2F)c2c(Br)cc(C(F)(F)C(F)(F)C(F)(F)F)cc2C(F)(F)F)c1F)c1ccc([N+](=O)[O-])cc1. The molecule has 346 valence electrons. The van der Waals surface area contributed by atoms with Crippen molar-refractivity contribution >= 4 is 67.7 Å². The monoisotopic (exact) mass is 1010 g/mol. The van der Waals surface area contributed by atoms with E-state index >= 15 is 8.78 Å². The number of halogens is 13. The first-order valence-corrected chi connectivity index (χ1v) is 18.6. The number of alkyl halides is 10. The highest BCUT2D eigenvalue weighted by Gasteiger charge is 2.73. The summed E-state index contributed by atoms with van der Waals surface area (Å²) in [5.74, 6) is -23.0. The van der Waals surface area contributed by atoms with Gasteiger partial charge in [0.1, 0.15) is 0 Å². The number of hydrogen-bond acceptors (Lipinski definition) is 10. The van der Waals surface area contributed by atoms with Crippen molar-refractivity contribution in [1.82, 2.24) is 0 Å². The van der Waals surface area contributed by atoms with Gasteiger partial charge < -0.3 is 10.6 Å². The first-order chi connectivity index (χ1) is 30.6. The third kappa shape index (κ3) is 9.96. The Morgan fingerprint density at radius 1 is 0.606 bits per heavy atom. The molecule has 5 rings (SSSR count). The molecule has 0 aliphatic carbocycles. The van der Waals surface area contributed by atoms with E-state index in [-0.39, 0.29) is 11.1 Å². The molecule has 66 heavy (non-hydrogen) atoms. The van der Waals surface area contributed by atoms with Gasteiger partial charge in [-0.1, -0.05) is 12.1 Å². The number of rotatable bonds is 15. The maximum Gasteiger partial charge on any atom is 0.460 e. The van der Waals surface area contributed by atoms with Crippen molar-refractivity contribution in [3.8, 4) is 0 Å². The second kappa shape index (κ2) is 18.6. The zero-order valence-corrected chi connectivity index (χ0v) is 33.8. The molecular weight excluding hydrogens is 986 g/mol. The molecule has 2 amide bonds. The predicted molar refractivity (Wildman–Crippen MR) is 210 cm³/mol. The van der Waals surface area contributed by atoms with Crippen LogP contribution in [-0.4, -0.2) is 58.4 Å². The van der Waals surface area contributed by atoms with Gasteiger partial charge in [0.15, 0.2) is 23.2 Å². The van der Waals surface area contributed by atoms with E-state index in [1.807, 2.05) is 0 Å². The lowest BCUT2D eigenvalue weighted by atomic mass is 9.97. The van der Waals surface area contributed by atoms with Crippen molar-refractivity contribution < 1.29 is 81.7 Å². The number of nitrogens with one attached hydrogen (secondary N) is 2. The van der Waals surface area contributed by atoms with Gasteiger partial charge in [0.2, 0.25) is 0 Å². The van der Waals surface area contributed by atoms with E-state index < -0.39 is 154 Å². The molecule has 26 heteroatoms. The van der Waals surface area contributed by atoms with Crippen LogP contribution in [0.5, 0.6) is 0 Å². The summed E-state index contributed by atoms with van der Waals surface area (Å²) in [4.78, 5) is 73.9. The summed E-state index contributed by atoms with van der Waals surface area (Å²) in [6, 6.07) is 11.1. The Balaban J connectivity index is 1.63. The standard InChI is InChI=1S/C40H22BrF12N5O8/c41-27-16-21(37(44,45)39(49,50)40(51,52)53)15-26(38(46,47)48)34(27)56(35(61)24-3-1-5-28(32(24)42)54-17-30(59)19-7-11-22(12-8-19)57(63)64)36(62)25-4-2-6-29(33(25)43)55-18-31(60)20-9-13-23(14-10-20)58(65)66/h1-16,54-55H,17-18H2. The number of non-ortho nitro benzene ring substituents is 2. The number of benzene rings is 5. The summed E-state index contributed by atoms with van der Waals surface area (Å²) in [6.07, 6.45) is -13.2. The molecule has 0 saturated carbocycles. The van der Waals surface area contributed by atoms with Crippen LogP contribution in [0.3, 0.4) is 0 Å². The number of hydrogen-bond donors (Lipinski definition) is 2. The van der Waals surface area contributed by atoms with Crippen LogP contribution in [-0.2, 0) is 12.1 Å². The van der Waals surface area contributed by atoms with Crippen LogP contribution >= 0.6 is 15.9 Å². The van der Waals surface area contributed by atoms with Gasteiger partial charge >= 0.3 is 24.2 Å². The van der Waals surface area contributed by atoms with Crippen molar-refractivity contribution in [2.45, 2.75) is 24.2 Å². The molecule has 0 saturated heterocycles. The highest BCUT2D eigenvalue weighted by atomic mass is 79.9. The van der Waals surface area contributed by atoms with Gasteiger partial charge in [-0.2, -0.15) is 43.9 Å². The lowest BCUT2D eigenvalue weighted by molar-refractivity contribution is -0.385. The number of ketones is 2. The smallest absolute Gasteiger partial charge is 0.375 e. The Morgan fingerprint density at radius 2 is 1.00 bits per heavy atom.